The van der Waals surface area contributed by atoms with E-state index in [0.717, 1.165) is 22.6 Å². The van der Waals surface area contributed by atoms with Gasteiger partial charge in [-0.25, -0.2) is 9.78 Å². The number of aromatic nitrogens is 2. The topological polar surface area (TPSA) is 92.5 Å². The lowest BCUT2D eigenvalue weighted by molar-refractivity contribution is 0.415. The van der Waals surface area contributed by atoms with Gasteiger partial charge in [0, 0.05) is 10.9 Å². The number of hydrazone groups is 1. The van der Waals surface area contributed by atoms with Gasteiger partial charge in [0.25, 0.3) is 0 Å². The Kier molecular flexibility index (Phi) is 4.24. The molecule has 0 radical (unpaired) electrons. The van der Waals surface area contributed by atoms with E-state index in [1.165, 1.54) is 11.3 Å². The van der Waals surface area contributed by atoms with E-state index in [9.17, 15) is 4.79 Å². The van der Waals surface area contributed by atoms with Crippen molar-refractivity contribution in [3.05, 3.63) is 64.0 Å². The maximum atomic E-state index is 11.2. The summed E-state index contributed by atoms with van der Waals surface area (Å²) < 4.78 is 10.2. The third-order valence-corrected chi connectivity index (χ3v) is 4.46. The van der Waals surface area contributed by atoms with Gasteiger partial charge in [-0.2, -0.15) is 5.10 Å². The summed E-state index contributed by atoms with van der Waals surface area (Å²) in [6, 6.07) is 13.0. The van der Waals surface area contributed by atoms with Crippen LogP contribution in [0.1, 0.15) is 5.56 Å². The molecule has 0 unspecified atom stereocenters. The Morgan fingerprint density at radius 3 is 2.92 bits per heavy atom. The van der Waals surface area contributed by atoms with Crippen molar-refractivity contribution < 1.29 is 9.15 Å². The summed E-state index contributed by atoms with van der Waals surface area (Å²) in [6.07, 6.45) is 1.71. The van der Waals surface area contributed by atoms with Gasteiger partial charge in [-0.3, -0.25) is 10.4 Å². The largest absolute Gasteiger partial charge is 0.497 e. The van der Waals surface area contributed by atoms with Gasteiger partial charge in [-0.15, -0.1) is 11.3 Å². The second kappa shape index (κ2) is 6.85. The second-order valence-corrected chi connectivity index (χ2v) is 6.26. The van der Waals surface area contributed by atoms with Crippen molar-refractivity contribution in [1.29, 1.82) is 0 Å². The minimum absolute atomic E-state index is 0.467. The van der Waals surface area contributed by atoms with Crippen LogP contribution < -0.4 is 15.9 Å². The molecule has 4 rings (SSSR count). The summed E-state index contributed by atoms with van der Waals surface area (Å²) in [5.41, 5.74) is 6.68. The average Bonchev–Trinajstić information content (AvgIpc) is 3.27. The van der Waals surface area contributed by atoms with Crippen molar-refractivity contribution in [2.24, 2.45) is 5.10 Å². The first-order valence-corrected chi connectivity index (χ1v) is 8.61. The number of nitrogens with zero attached hydrogens (tertiary/aromatic N) is 2. The Balaban J connectivity index is 1.48. The number of nitrogens with one attached hydrogen (secondary N) is 2. The number of hydrogen-bond donors (Lipinski definition) is 2. The molecule has 2 aromatic carbocycles. The van der Waals surface area contributed by atoms with Gasteiger partial charge in [-0.05, 0) is 42.0 Å². The zero-order valence-electron chi connectivity index (χ0n) is 13.7. The summed E-state index contributed by atoms with van der Waals surface area (Å²) in [5.74, 6) is 0.334. The van der Waals surface area contributed by atoms with E-state index in [4.69, 9.17) is 9.15 Å². The Hall–Kier alpha value is -3.39. The molecule has 0 aliphatic carbocycles. The highest BCUT2D eigenvalue weighted by molar-refractivity contribution is 7.14. The molecular formula is C18H14N4O3S. The molecule has 0 atom stereocenters. The van der Waals surface area contributed by atoms with Gasteiger partial charge in [-0.1, -0.05) is 6.07 Å². The number of aromatic amines is 1. The van der Waals surface area contributed by atoms with Gasteiger partial charge in [0.1, 0.15) is 5.75 Å². The average molecular weight is 366 g/mol. The number of anilines is 1. The first-order chi connectivity index (χ1) is 12.7. The molecule has 0 spiro atoms. The van der Waals surface area contributed by atoms with E-state index in [1.54, 1.807) is 25.5 Å². The minimum atomic E-state index is -0.467. The molecule has 0 aliphatic heterocycles. The van der Waals surface area contributed by atoms with Crippen molar-refractivity contribution in [2.75, 3.05) is 12.5 Å². The molecule has 2 aromatic heterocycles. The molecule has 26 heavy (non-hydrogen) atoms. The smallest absolute Gasteiger partial charge is 0.417 e. The first kappa shape index (κ1) is 16.1. The summed E-state index contributed by atoms with van der Waals surface area (Å²) in [5, 5.41) is 6.78. The molecule has 7 nitrogen and oxygen atoms in total. The van der Waals surface area contributed by atoms with Crippen LogP contribution in [-0.2, 0) is 0 Å². The highest BCUT2D eigenvalue weighted by Crippen LogP contribution is 2.27. The molecule has 130 valence electrons. The molecule has 4 aromatic rings. The Bertz CT molecular complexity index is 1130. The van der Waals surface area contributed by atoms with Gasteiger partial charge in [0.05, 0.1) is 24.5 Å². The highest BCUT2D eigenvalue weighted by Gasteiger charge is 2.07. The lowest BCUT2D eigenvalue weighted by atomic mass is 10.1. The van der Waals surface area contributed by atoms with Gasteiger partial charge >= 0.3 is 5.76 Å². The van der Waals surface area contributed by atoms with E-state index >= 15 is 0 Å². The molecule has 0 bridgehead atoms. The van der Waals surface area contributed by atoms with E-state index in [1.807, 2.05) is 35.7 Å². The molecule has 8 heteroatoms. The van der Waals surface area contributed by atoms with Crippen LogP contribution in [0, 0.1) is 0 Å². The van der Waals surface area contributed by atoms with E-state index in [2.05, 4.69) is 20.5 Å². The number of fused-ring (bicyclic) bond motifs is 1. The molecule has 0 saturated heterocycles. The number of rotatable bonds is 5. The molecule has 0 fully saturated rings. The second-order valence-electron chi connectivity index (χ2n) is 5.41. The number of thiazole rings is 1. The summed E-state index contributed by atoms with van der Waals surface area (Å²) in [7, 11) is 1.63. The van der Waals surface area contributed by atoms with Crippen LogP contribution in [0.2, 0.25) is 0 Å². The number of oxazole rings is 1. The summed E-state index contributed by atoms with van der Waals surface area (Å²) in [4.78, 5) is 18.4. The fourth-order valence-corrected chi connectivity index (χ4v) is 3.08. The Morgan fingerprint density at radius 1 is 1.27 bits per heavy atom. The van der Waals surface area contributed by atoms with E-state index < -0.39 is 5.76 Å². The lowest BCUT2D eigenvalue weighted by Gasteiger charge is -1.99. The van der Waals surface area contributed by atoms with Gasteiger partial charge in [0.15, 0.2) is 5.58 Å². The minimum Gasteiger partial charge on any atom is -0.497 e. The van der Waals surface area contributed by atoms with E-state index in [-0.39, 0.29) is 0 Å². The molecule has 2 N–H and O–H groups in total. The molecule has 0 saturated carbocycles. The first-order valence-electron chi connectivity index (χ1n) is 7.73. The van der Waals surface area contributed by atoms with Crippen molar-refractivity contribution in [2.45, 2.75) is 0 Å². The molecule has 0 amide bonds. The lowest BCUT2D eigenvalue weighted by Crippen LogP contribution is -1.92. The highest BCUT2D eigenvalue weighted by atomic mass is 32.1. The molecule has 0 aliphatic rings. The third kappa shape index (κ3) is 3.35. The Morgan fingerprint density at radius 2 is 2.12 bits per heavy atom. The van der Waals surface area contributed by atoms with Crippen LogP contribution in [0.25, 0.3) is 22.4 Å². The zero-order valence-corrected chi connectivity index (χ0v) is 14.5. The summed E-state index contributed by atoms with van der Waals surface area (Å²) >= 11 is 1.44. The van der Waals surface area contributed by atoms with Crippen LogP contribution >= 0.6 is 11.3 Å². The van der Waals surface area contributed by atoms with Crippen molar-refractivity contribution in [3.8, 4) is 17.0 Å². The quantitative estimate of drug-likeness (QED) is 0.415. The predicted molar refractivity (Wildman–Crippen MR) is 102 cm³/mol. The number of benzene rings is 2. The fraction of sp³-hybridized carbons (Fsp3) is 0.0556. The number of hydrogen-bond acceptors (Lipinski definition) is 7. The van der Waals surface area contributed by atoms with Crippen LogP contribution in [0.3, 0.4) is 0 Å². The van der Waals surface area contributed by atoms with Crippen LogP contribution in [0.5, 0.6) is 5.75 Å². The van der Waals surface area contributed by atoms with Crippen molar-refractivity contribution in [1.82, 2.24) is 9.97 Å². The van der Waals surface area contributed by atoms with Crippen LogP contribution in [0.4, 0.5) is 5.13 Å². The van der Waals surface area contributed by atoms with Crippen molar-refractivity contribution in [3.63, 3.8) is 0 Å². The standard InChI is InChI=1S/C18H14N4O3S/c1-24-13-5-2-11(3-6-13)9-19-22-17-20-15(10-26-17)12-4-7-14-16(8-12)25-18(23)21-14/h2-10H,1H3,(H,20,22)(H,21,23). The molecular weight excluding hydrogens is 352 g/mol. The van der Waals surface area contributed by atoms with Gasteiger partial charge < -0.3 is 9.15 Å². The predicted octanol–water partition coefficient (Wildman–Crippen LogP) is 3.70. The maximum Gasteiger partial charge on any atom is 0.417 e. The zero-order chi connectivity index (χ0) is 17.9. The number of ether oxygens (including phenoxy) is 1. The summed E-state index contributed by atoms with van der Waals surface area (Å²) in [6.45, 7) is 0. The normalized spacial score (nSPS) is 11.3. The van der Waals surface area contributed by atoms with Crippen LogP contribution in [-0.4, -0.2) is 23.3 Å². The maximum absolute atomic E-state index is 11.2. The SMILES string of the molecule is COc1ccc(C=NNc2nc(-c3ccc4[nH]c(=O)oc4c3)cs2)cc1. The fourth-order valence-electron chi connectivity index (χ4n) is 2.41. The van der Waals surface area contributed by atoms with Gasteiger partial charge in [0.2, 0.25) is 5.13 Å². The number of methoxy groups -OCH3 is 1. The van der Waals surface area contributed by atoms with Crippen molar-refractivity contribution >= 4 is 33.8 Å². The van der Waals surface area contributed by atoms with E-state index in [0.29, 0.717) is 16.2 Å². The molecule has 2 heterocycles. The Labute approximate surface area is 152 Å². The monoisotopic (exact) mass is 366 g/mol. The third-order valence-electron chi connectivity index (χ3n) is 3.71. The van der Waals surface area contributed by atoms with Crippen LogP contribution in [0.15, 0.2) is 62.2 Å². The number of H-pyrrole nitrogens is 1.